The Hall–Kier alpha value is -2.90. The zero-order chi connectivity index (χ0) is 17.8. The van der Waals surface area contributed by atoms with Crippen LogP contribution in [-0.2, 0) is 12.6 Å². The molecule has 3 heterocycles. The lowest BCUT2D eigenvalue weighted by molar-refractivity contribution is -0.144. The van der Waals surface area contributed by atoms with Crippen molar-refractivity contribution in [3.63, 3.8) is 0 Å². The first kappa shape index (κ1) is 15.6. The van der Waals surface area contributed by atoms with Gasteiger partial charge in [0.05, 0.1) is 17.4 Å². The van der Waals surface area contributed by atoms with Crippen LogP contribution in [0.25, 0.3) is 27.8 Å². The molecular weight excluding hydrogens is 331 g/mol. The molecule has 0 bridgehead atoms. The lowest BCUT2D eigenvalue weighted by Crippen LogP contribution is -2.08. The Morgan fingerprint density at radius 2 is 2.00 bits per heavy atom. The second kappa shape index (κ2) is 5.30. The van der Waals surface area contributed by atoms with Gasteiger partial charge in [0.15, 0.2) is 5.65 Å². The van der Waals surface area contributed by atoms with E-state index in [0.717, 1.165) is 27.6 Å². The van der Waals surface area contributed by atoms with Gasteiger partial charge in [0.1, 0.15) is 0 Å². The smallest absolute Gasteiger partial charge is 0.278 e. The van der Waals surface area contributed by atoms with Crippen molar-refractivity contribution >= 4 is 16.6 Å². The molecular formula is C17H14F3N5. The number of aromatic amines is 1. The summed E-state index contributed by atoms with van der Waals surface area (Å²) >= 11 is 0. The Bertz CT molecular complexity index is 1090. The first-order valence-corrected chi connectivity index (χ1v) is 7.78. The lowest BCUT2D eigenvalue weighted by Gasteiger charge is -2.11. The molecule has 1 aromatic carbocycles. The number of halogens is 3. The fraction of sp³-hybridized carbons (Fsp3) is 0.235. The molecule has 0 aliphatic heterocycles. The van der Waals surface area contributed by atoms with Gasteiger partial charge in [-0.15, -0.1) is 5.10 Å². The van der Waals surface area contributed by atoms with E-state index in [1.165, 1.54) is 4.52 Å². The summed E-state index contributed by atoms with van der Waals surface area (Å²) in [6.45, 7) is 3.88. The van der Waals surface area contributed by atoms with E-state index in [4.69, 9.17) is 0 Å². The van der Waals surface area contributed by atoms with Gasteiger partial charge in [-0.25, -0.2) is 9.50 Å². The summed E-state index contributed by atoms with van der Waals surface area (Å²) in [5, 5.41) is 11.6. The summed E-state index contributed by atoms with van der Waals surface area (Å²) in [5.41, 5.74) is 4.34. The molecule has 5 nitrogen and oxygen atoms in total. The first-order valence-electron chi connectivity index (χ1n) is 7.78. The third kappa shape index (κ3) is 2.45. The second-order valence-electron chi connectivity index (χ2n) is 5.89. The molecule has 0 aliphatic carbocycles. The SMILES string of the molecule is CCc1ccc2nc(C(F)(F)F)nn2c1-c1cc(C)c2[nH]ncc2c1. The van der Waals surface area contributed by atoms with Gasteiger partial charge in [-0.3, -0.25) is 5.10 Å². The lowest BCUT2D eigenvalue weighted by atomic mass is 10.0. The number of rotatable bonds is 2. The van der Waals surface area contributed by atoms with Gasteiger partial charge in [0.2, 0.25) is 0 Å². The molecule has 0 saturated heterocycles. The highest BCUT2D eigenvalue weighted by Crippen LogP contribution is 2.32. The molecule has 3 aromatic heterocycles. The summed E-state index contributed by atoms with van der Waals surface area (Å²) < 4.78 is 40.3. The van der Waals surface area contributed by atoms with E-state index in [-0.39, 0.29) is 5.65 Å². The number of nitrogens with one attached hydrogen (secondary N) is 1. The fourth-order valence-electron chi connectivity index (χ4n) is 3.07. The normalized spacial score (nSPS) is 12.4. The number of fused-ring (bicyclic) bond motifs is 2. The summed E-state index contributed by atoms with van der Waals surface area (Å²) in [6, 6.07) is 7.18. The van der Waals surface area contributed by atoms with Crippen molar-refractivity contribution in [1.29, 1.82) is 0 Å². The van der Waals surface area contributed by atoms with Crippen LogP contribution in [0.1, 0.15) is 23.9 Å². The molecule has 0 saturated carbocycles. The predicted octanol–water partition coefficient (Wildman–Crippen LogP) is 4.16. The van der Waals surface area contributed by atoms with Crippen molar-refractivity contribution in [2.45, 2.75) is 26.4 Å². The Balaban J connectivity index is 2.05. The zero-order valence-electron chi connectivity index (χ0n) is 13.5. The van der Waals surface area contributed by atoms with E-state index in [2.05, 4.69) is 20.3 Å². The molecule has 4 aromatic rings. The molecule has 0 spiro atoms. The molecule has 0 aliphatic rings. The van der Waals surface area contributed by atoms with Gasteiger partial charge in [0, 0.05) is 10.9 Å². The molecule has 1 N–H and O–H groups in total. The van der Waals surface area contributed by atoms with Crippen molar-refractivity contribution in [3.05, 3.63) is 47.4 Å². The van der Waals surface area contributed by atoms with Gasteiger partial charge in [0.25, 0.3) is 5.82 Å². The first-order chi connectivity index (χ1) is 11.9. The van der Waals surface area contributed by atoms with Crippen LogP contribution < -0.4 is 0 Å². The van der Waals surface area contributed by atoms with Crippen LogP contribution in [-0.4, -0.2) is 24.8 Å². The van der Waals surface area contributed by atoms with E-state index in [1.807, 2.05) is 26.0 Å². The molecule has 0 fully saturated rings. The fourth-order valence-corrected chi connectivity index (χ4v) is 3.07. The predicted molar refractivity (Wildman–Crippen MR) is 87.2 cm³/mol. The number of aryl methyl sites for hydroxylation is 2. The van der Waals surface area contributed by atoms with Crippen LogP contribution in [0.4, 0.5) is 13.2 Å². The Labute approximate surface area is 140 Å². The van der Waals surface area contributed by atoms with Gasteiger partial charge < -0.3 is 0 Å². The molecule has 25 heavy (non-hydrogen) atoms. The molecule has 0 unspecified atom stereocenters. The van der Waals surface area contributed by atoms with Crippen molar-refractivity contribution in [1.82, 2.24) is 24.8 Å². The standard InChI is InChI=1S/C17H14F3N5/c1-3-10-4-5-13-22-16(17(18,19)20)24-25(13)15(10)11-6-9(2)14-12(7-11)8-21-23-14/h4-8H,3H2,1-2H3,(H,21,23). The number of hydrogen-bond donors (Lipinski definition) is 1. The average molecular weight is 345 g/mol. The number of pyridine rings is 1. The maximum atomic E-state index is 13.0. The minimum atomic E-state index is -4.58. The minimum Gasteiger partial charge on any atom is -0.278 e. The Morgan fingerprint density at radius 1 is 1.20 bits per heavy atom. The summed E-state index contributed by atoms with van der Waals surface area (Å²) in [7, 11) is 0. The molecule has 4 rings (SSSR count). The van der Waals surface area contributed by atoms with Crippen LogP contribution in [0, 0.1) is 6.92 Å². The van der Waals surface area contributed by atoms with Crippen molar-refractivity contribution < 1.29 is 13.2 Å². The highest BCUT2D eigenvalue weighted by molar-refractivity contribution is 5.87. The maximum Gasteiger partial charge on any atom is 0.453 e. The molecule has 0 atom stereocenters. The Kier molecular flexibility index (Phi) is 3.31. The average Bonchev–Trinajstić information content (AvgIpc) is 3.19. The van der Waals surface area contributed by atoms with E-state index < -0.39 is 12.0 Å². The zero-order valence-corrected chi connectivity index (χ0v) is 13.5. The number of nitrogens with zero attached hydrogens (tertiary/aromatic N) is 4. The molecule has 8 heteroatoms. The van der Waals surface area contributed by atoms with Crippen molar-refractivity contribution in [3.8, 4) is 11.3 Å². The molecule has 0 radical (unpaired) electrons. The molecule has 128 valence electrons. The van der Waals surface area contributed by atoms with Crippen molar-refractivity contribution in [2.24, 2.45) is 0 Å². The quantitative estimate of drug-likeness (QED) is 0.593. The van der Waals surface area contributed by atoms with Gasteiger partial charge in [-0.1, -0.05) is 13.0 Å². The van der Waals surface area contributed by atoms with Gasteiger partial charge in [-0.05, 0) is 42.7 Å². The van der Waals surface area contributed by atoms with E-state index >= 15 is 0 Å². The number of alkyl halides is 3. The van der Waals surface area contributed by atoms with Crippen LogP contribution in [0.2, 0.25) is 0 Å². The minimum absolute atomic E-state index is 0.171. The summed E-state index contributed by atoms with van der Waals surface area (Å²) in [5.74, 6) is -1.14. The maximum absolute atomic E-state index is 13.0. The van der Waals surface area contributed by atoms with Crippen molar-refractivity contribution in [2.75, 3.05) is 0 Å². The summed E-state index contributed by atoms with van der Waals surface area (Å²) in [6.07, 6.45) is -2.23. The largest absolute Gasteiger partial charge is 0.453 e. The van der Waals surface area contributed by atoms with Crippen LogP contribution in [0.5, 0.6) is 0 Å². The highest BCUT2D eigenvalue weighted by Gasteiger charge is 2.36. The number of benzene rings is 1. The van der Waals surface area contributed by atoms with Crippen LogP contribution in [0.15, 0.2) is 30.5 Å². The summed E-state index contributed by atoms with van der Waals surface area (Å²) in [4.78, 5) is 3.63. The third-order valence-electron chi connectivity index (χ3n) is 4.24. The monoisotopic (exact) mass is 345 g/mol. The van der Waals surface area contributed by atoms with E-state index in [1.54, 1.807) is 18.3 Å². The Morgan fingerprint density at radius 3 is 2.72 bits per heavy atom. The van der Waals surface area contributed by atoms with E-state index in [9.17, 15) is 13.2 Å². The number of H-pyrrole nitrogens is 1. The number of aromatic nitrogens is 5. The third-order valence-corrected chi connectivity index (χ3v) is 4.24. The van der Waals surface area contributed by atoms with Crippen LogP contribution in [0.3, 0.4) is 0 Å². The topological polar surface area (TPSA) is 58.9 Å². The van der Waals surface area contributed by atoms with Gasteiger partial charge >= 0.3 is 6.18 Å². The van der Waals surface area contributed by atoms with E-state index in [0.29, 0.717) is 12.1 Å². The van der Waals surface area contributed by atoms with Gasteiger partial charge in [-0.2, -0.15) is 18.3 Å². The second-order valence-corrected chi connectivity index (χ2v) is 5.89. The van der Waals surface area contributed by atoms with Crippen LogP contribution >= 0.6 is 0 Å². The molecule has 0 amide bonds. The highest BCUT2D eigenvalue weighted by atomic mass is 19.4. The number of hydrogen-bond acceptors (Lipinski definition) is 3.